The molecule has 0 fully saturated rings. The predicted octanol–water partition coefficient (Wildman–Crippen LogP) is 1.80. The molecule has 118 valence electrons. The average Bonchev–Trinajstić information content (AvgIpc) is 2.80. The Kier molecular flexibility index (Phi) is 4.39. The smallest absolute Gasteiger partial charge is 0.272 e. The second kappa shape index (κ2) is 5.94. The predicted molar refractivity (Wildman–Crippen MR) is 85.5 cm³/mol. The quantitative estimate of drug-likeness (QED) is 0.901. The molecule has 0 unspecified atom stereocenters. The van der Waals surface area contributed by atoms with E-state index in [1.807, 2.05) is 32.0 Å². The molecule has 22 heavy (non-hydrogen) atoms. The summed E-state index contributed by atoms with van der Waals surface area (Å²) in [6.07, 6.45) is 1.41. The molecule has 0 saturated carbocycles. The first-order valence-corrected chi connectivity index (χ1v) is 8.21. The minimum atomic E-state index is -3.57. The number of hydrogen-bond acceptors (Lipinski definition) is 3. The zero-order valence-electron chi connectivity index (χ0n) is 13.0. The molecule has 0 radical (unpaired) electrons. The zero-order valence-corrected chi connectivity index (χ0v) is 13.8. The number of hydrogen-bond donors (Lipinski definition) is 2. The lowest BCUT2D eigenvalue weighted by Gasteiger charge is -2.08. The van der Waals surface area contributed by atoms with Crippen molar-refractivity contribution in [3.8, 4) is 0 Å². The number of rotatable bonds is 4. The van der Waals surface area contributed by atoms with Crippen molar-refractivity contribution >= 4 is 21.6 Å². The maximum absolute atomic E-state index is 12.3. The van der Waals surface area contributed by atoms with E-state index in [0.717, 1.165) is 11.1 Å². The minimum absolute atomic E-state index is 0.0584. The highest BCUT2D eigenvalue weighted by Gasteiger charge is 2.19. The topological polar surface area (TPSA) is 80.2 Å². The van der Waals surface area contributed by atoms with Crippen molar-refractivity contribution < 1.29 is 13.2 Å². The molecule has 7 heteroatoms. The summed E-state index contributed by atoms with van der Waals surface area (Å²) >= 11 is 0. The first kappa shape index (κ1) is 16.3. The SMILES string of the molecule is CNS(=O)(=O)c1cc(C(=O)Nc2cc(C)cc(C)c2)n(C)c1. The molecule has 0 atom stereocenters. The van der Waals surface area contributed by atoms with Crippen LogP contribution in [0.25, 0.3) is 0 Å². The molecule has 2 aromatic rings. The van der Waals surface area contributed by atoms with Gasteiger partial charge < -0.3 is 9.88 Å². The lowest BCUT2D eigenvalue weighted by atomic mass is 10.1. The lowest BCUT2D eigenvalue weighted by molar-refractivity contribution is 0.101. The first-order valence-electron chi connectivity index (χ1n) is 6.72. The normalized spacial score (nSPS) is 11.5. The van der Waals surface area contributed by atoms with Crippen LogP contribution in [-0.4, -0.2) is 25.9 Å². The molecule has 1 amide bonds. The molecule has 1 aromatic carbocycles. The van der Waals surface area contributed by atoms with Crippen LogP contribution in [0, 0.1) is 13.8 Å². The van der Waals surface area contributed by atoms with Gasteiger partial charge in [-0.15, -0.1) is 0 Å². The molecule has 2 N–H and O–H groups in total. The molecule has 1 heterocycles. The maximum atomic E-state index is 12.3. The summed E-state index contributed by atoms with van der Waals surface area (Å²) in [6, 6.07) is 7.08. The van der Waals surface area contributed by atoms with Crippen LogP contribution in [0.4, 0.5) is 5.69 Å². The number of nitrogens with zero attached hydrogens (tertiary/aromatic N) is 1. The molecular weight excluding hydrogens is 302 g/mol. The summed E-state index contributed by atoms with van der Waals surface area (Å²) < 4.78 is 27.3. The van der Waals surface area contributed by atoms with Crippen LogP contribution in [0.2, 0.25) is 0 Å². The number of benzene rings is 1. The number of amides is 1. The van der Waals surface area contributed by atoms with Crippen LogP contribution in [-0.2, 0) is 17.1 Å². The van der Waals surface area contributed by atoms with Gasteiger partial charge in [-0.3, -0.25) is 4.79 Å². The average molecular weight is 321 g/mol. The second-order valence-electron chi connectivity index (χ2n) is 5.21. The Hall–Kier alpha value is -2.12. The van der Waals surface area contributed by atoms with E-state index < -0.39 is 10.0 Å². The van der Waals surface area contributed by atoms with Gasteiger partial charge in [-0.1, -0.05) is 6.07 Å². The van der Waals surface area contributed by atoms with E-state index in [1.165, 1.54) is 23.9 Å². The van der Waals surface area contributed by atoms with Crippen LogP contribution in [0.3, 0.4) is 0 Å². The van der Waals surface area contributed by atoms with E-state index in [1.54, 1.807) is 7.05 Å². The van der Waals surface area contributed by atoms with Crippen molar-refractivity contribution in [2.45, 2.75) is 18.7 Å². The first-order chi connectivity index (χ1) is 10.2. The van der Waals surface area contributed by atoms with E-state index >= 15 is 0 Å². The van der Waals surface area contributed by atoms with E-state index in [9.17, 15) is 13.2 Å². The van der Waals surface area contributed by atoms with Gasteiger partial charge in [-0.05, 0) is 50.2 Å². The molecule has 6 nitrogen and oxygen atoms in total. The Morgan fingerprint density at radius 2 is 1.68 bits per heavy atom. The molecule has 0 aliphatic carbocycles. The third-order valence-electron chi connectivity index (χ3n) is 3.27. The third kappa shape index (κ3) is 3.37. The number of sulfonamides is 1. The van der Waals surface area contributed by atoms with Gasteiger partial charge >= 0.3 is 0 Å². The van der Waals surface area contributed by atoms with Gasteiger partial charge in [0.05, 0.1) is 0 Å². The van der Waals surface area contributed by atoms with Gasteiger partial charge in [0.25, 0.3) is 5.91 Å². The van der Waals surface area contributed by atoms with Crippen molar-refractivity contribution in [2.75, 3.05) is 12.4 Å². The fraction of sp³-hybridized carbons (Fsp3) is 0.267. The van der Waals surface area contributed by atoms with E-state index in [0.29, 0.717) is 5.69 Å². The number of aromatic nitrogens is 1. The monoisotopic (exact) mass is 321 g/mol. The number of nitrogens with one attached hydrogen (secondary N) is 2. The van der Waals surface area contributed by atoms with Crippen LogP contribution in [0.15, 0.2) is 35.4 Å². The summed E-state index contributed by atoms with van der Waals surface area (Å²) in [5.41, 5.74) is 3.04. The van der Waals surface area contributed by atoms with Crippen molar-refractivity contribution in [3.05, 3.63) is 47.3 Å². The van der Waals surface area contributed by atoms with Crippen LogP contribution in [0.5, 0.6) is 0 Å². The molecular formula is C15H19N3O3S. The summed E-state index contributed by atoms with van der Waals surface area (Å²) in [4.78, 5) is 12.4. The van der Waals surface area contributed by atoms with Crippen molar-refractivity contribution in [3.63, 3.8) is 0 Å². The second-order valence-corrected chi connectivity index (χ2v) is 7.10. The Bertz CT molecular complexity index is 802. The van der Waals surface area contributed by atoms with Crippen LogP contribution >= 0.6 is 0 Å². The number of carbonyl (C=O) groups is 1. The van der Waals surface area contributed by atoms with Crippen LogP contribution < -0.4 is 10.0 Å². The highest BCUT2D eigenvalue weighted by Crippen LogP contribution is 2.17. The molecule has 0 saturated heterocycles. The summed E-state index contributed by atoms with van der Waals surface area (Å²) in [5.74, 6) is -0.356. The lowest BCUT2D eigenvalue weighted by Crippen LogP contribution is -2.18. The maximum Gasteiger partial charge on any atom is 0.272 e. The standard InChI is InChI=1S/C15H19N3O3S/c1-10-5-11(2)7-12(6-10)17-15(19)14-8-13(9-18(14)4)22(20,21)16-3/h5-9,16H,1-4H3,(H,17,19). The number of aryl methyl sites for hydroxylation is 3. The van der Waals surface area contributed by atoms with E-state index in [-0.39, 0.29) is 16.5 Å². The minimum Gasteiger partial charge on any atom is -0.345 e. The van der Waals surface area contributed by atoms with E-state index in [4.69, 9.17) is 0 Å². The van der Waals surface area contributed by atoms with Gasteiger partial charge in [0.1, 0.15) is 10.6 Å². The van der Waals surface area contributed by atoms with Gasteiger partial charge in [0.15, 0.2) is 0 Å². The fourth-order valence-electron chi connectivity index (χ4n) is 2.27. The van der Waals surface area contributed by atoms with Crippen molar-refractivity contribution in [1.82, 2.24) is 9.29 Å². The van der Waals surface area contributed by atoms with Gasteiger partial charge in [-0.2, -0.15) is 0 Å². The molecule has 1 aromatic heterocycles. The van der Waals surface area contributed by atoms with E-state index in [2.05, 4.69) is 10.0 Å². The molecule has 0 bridgehead atoms. The highest BCUT2D eigenvalue weighted by molar-refractivity contribution is 7.89. The molecule has 0 aliphatic heterocycles. The molecule has 2 rings (SSSR count). The third-order valence-corrected chi connectivity index (χ3v) is 4.65. The highest BCUT2D eigenvalue weighted by atomic mass is 32.2. The van der Waals surface area contributed by atoms with Crippen LogP contribution in [0.1, 0.15) is 21.6 Å². The molecule has 0 aliphatic rings. The van der Waals surface area contributed by atoms with Gasteiger partial charge in [0.2, 0.25) is 10.0 Å². The summed E-state index contributed by atoms with van der Waals surface area (Å²) in [6.45, 7) is 3.89. The van der Waals surface area contributed by atoms with Crippen molar-refractivity contribution in [2.24, 2.45) is 7.05 Å². The van der Waals surface area contributed by atoms with Gasteiger partial charge in [0, 0.05) is 18.9 Å². The summed E-state index contributed by atoms with van der Waals surface area (Å²) in [7, 11) is -0.610. The van der Waals surface area contributed by atoms with Gasteiger partial charge in [-0.25, -0.2) is 13.1 Å². The number of anilines is 1. The molecule has 0 spiro atoms. The Labute approximate surface area is 130 Å². The largest absolute Gasteiger partial charge is 0.345 e. The van der Waals surface area contributed by atoms with Crippen molar-refractivity contribution in [1.29, 1.82) is 0 Å². The Morgan fingerprint density at radius 3 is 2.23 bits per heavy atom. The zero-order chi connectivity index (χ0) is 16.5. The Balaban J connectivity index is 2.30. The Morgan fingerprint density at radius 1 is 1.09 bits per heavy atom. The fourth-order valence-corrected chi connectivity index (χ4v) is 3.07. The number of carbonyl (C=O) groups excluding carboxylic acids is 1. The summed E-state index contributed by atoms with van der Waals surface area (Å²) in [5, 5.41) is 2.79.